The van der Waals surface area contributed by atoms with Crippen LogP contribution >= 0.6 is 0 Å². The normalized spacial score (nSPS) is 39.3. The van der Waals surface area contributed by atoms with E-state index in [0.29, 0.717) is 0 Å². The highest BCUT2D eigenvalue weighted by molar-refractivity contribution is 4.91. The van der Waals surface area contributed by atoms with Crippen LogP contribution in [0.2, 0.25) is 0 Å². The summed E-state index contributed by atoms with van der Waals surface area (Å²) < 4.78 is 5.59. The molecule has 0 bridgehead atoms. The second-order valence-electron chi connectivity index (χ2n) is 3.46. The summed E-state index contributed by atoms with van der Waals surface area (Å²) in [6, 6.07) is 0. The Morgan fingerprint density at radius 2 is 1.82 bits per heavy atom. The third-order valence-electron chi connectivity index (χ3n) is 2.65. The first-order chi connectivity index (χ1) is 5.41. The fraction of sp³-hybridized carbons (Fsp3) is 1.00. The minimum atomic E-state index is 0.202. The summed E-state index contributed by atoms with van der Waals surface area (Å²) in [4.78, 5) is 0. The Balaban J connectivity index is 1.86. The fourth-order valence-electron chi connectivity index (χ4n) is 1.75. The fourth-order valence-corrected chi connectivity index (χ4v) is 1.75. The average Bonchev–Trinajstić information content (AvgIpc) is 1.82. The highest BCUT2D eigenvalue weighted by atomic mass is 16.5. The molecule has 0 amide bonds. The number of hydrogen-bond donors (Lipinski definition) is 2. The van der Waals surface area contributed by atoms with E-state index in [0.717, 1.165) is 32.8 Å². The third kappa shape index (κ3) is 1.55. The van der Waals surface area contributed by atoms with Crippen molar-refractivity contribution >= 4 is 0 Å². The summed E-state index contributed by atoms with van der Waals surface area (Å²) in [7, 11) is 0. The van der Waals surface area contributed by atoms with Crippen molar-refractivity contribution in [2.24, 2.45) is 0 Å². The maximum Gasteiger partial charge on any atom is 0.0840 e. The molecule has 2 fully saturated rings. The summed E-state index contributed by atoms with van der Waals surface area (Å²) in [6.45, 7) is 5.29. The monoisotopic (exact) mass is 156 g/mol. The third-order valence-corrected chi connectivity index (χ3v) is 2.65. The Bertz CT molecular complexity index is 124. The summed E-state index contributed by atoms with van der Waals surface area (Å²) >= 11 is 0. The van der Waals surface area contributed by atoms with Crippen LogP contribution < -0.4 is 10.6 Å². The summed E-state index contributed by atoms with van der Waals surface area (Å²) in [5, 5.41) is 6.76. The molecule has 0 aliphatic carbocycles. The van der Waals surface area contributed by atoms with Crippen molar-refractivity contribution in [2.45, 2.75) is 18.4 Å². The molecule has 2 aliphatic heterocycles. The summed E-state index contributed by atoms with van der Waals surface area (Å²) in [6.07, 6.45) is 2.40. The largest absolute Gasteiger partial charge is 0.373 e. The van der Waals surface area contributed by atoms with Crippen LogP contribution in [-0.2, 0) is 4.74 Å². The molecule has 2 heterocycles. The van der Waals surface area contributed by atoms with Crippen molar-refractivity contribution in [3.63, 3.8) is 0 Å². The van der Waals surface area contributed by atoms with E-state index in [1.165, 1.54) is 12.8 Å². The van der Waals surface area contributed by atoms with Crippen LogP contribution in [0.25, 0.3) is 0 Å². The van der Waals surface area contributed by atoms with Gasteiger partial charge in [-0.2, -0.15) is 0 Å². The molecular weight excluding hydrogens is 140 g/mol. The second kappa shape index (κ2) is 3.09. The minimum Gasteiger partial charge on any atom is -0.373 e. The average molecular weight is 156 g/mol. The van der Waals surface area contributed by atoms with E-state index in [2.05, 4.69) is 10.6 Å². The standard InChI is InChI=1S/C8H16N2O/c1-3-9-4-5-10-7-8(1)2-6-11-8/h9-10H,1-7H2. The zero-order valence-electron chi connectivity index (χ0n) is 6.86. The Morgan fingerprint density at radius 3 is 2.55 bits per heavy atom. The molecule has 1 spiro atoms. The number of hydrogen-bond acceptors (Lipinski definition) is 3. The van der Waals surface area contributed by atoms with Gasteiger partial charge < -0.3 is 15.4 Å². The van der Waals surface area contributed by atoms with Crippen molar-refractivity contribution in [1.82, 2.24) is 10.6 Å². The number of ether oxygens (including phenoxy) is 1. The van der Waals surface area contributed by atoms with Gasteiger partial charge in [-0.05, 0) is 13.0 Å². The molecule has 0 saturated carbocycles. The maximum atomic E-state index is 5.59. The molecule has 0 aromatic rings. The van der Waals surface area contributed by atoms with Gasteiger partial charge >= 0.3 is 0 Å². The van der Waals surface area contributed by atoms with Gasteiger partial charge in [-0.3, -0.25) is 0 Å². The predicted octanol–water partition coefficient (Wildman–Crippen LogP) is -0.272. The first-order valence-electron chi connectivity index (χ1n) is 4.47. The lowest BCUT2D eigenvalue weighted by molar-refractivity contribution is -0.149. The van der Waals surface area contributed by atoms with Crippen molar-refractivity contribution in [1.29, 1.82) is 0 Å². The van der Waals surface area contributed by atoms with E-state index in [-0.39, 0.29) is 5.60 Å². The molecule has 3 heteroatoms. The summed E-state index contributed by atoms with van der Waals surface area (Å²) in [5.74, 6) is 0. The Labute approximate surface area is 67.5 Å². The summed E-state index contributed by atoms with van der Waals surface area (Å²) in [5.41, 5.74) is 0.202. The first kappa shape index (κ1) is 7.53. The molecule has 2 N–H and O–H groups in total. The van der Waals surface area contributed by atoms with Crippen molar-refractivity contribution in [2.75, 3.05) is 32.8 Å². The molecule has 2 rings (SSSR count). The molecule has 0 aromatic carbocycles. The maximum absolute atomic E-state index is 5.59. The quantitative estimate of drug-likeness (QED) is 0.506. The van der Waals surface area contributed by atoms with E-state index < -0.39 is 0 Å². The number of rotatable bonds is 0. The predicted molar refractivity (Wildman–Crippen MR) is 43.7 cm³/mol. The smallest absolute Gasteiger partial charge is 0.0840 e. The lowest BCUT2D eigenvalue weighted by Crippen LogP contribution is -2.55. The van der Waals surface area contributed by atoms with E-state index in [4.69, 9.17) is 4.74 Å². The molecule has 64 valence electrons. The molecule has 2 aliphatic rings. The van der Waals surface area contributed by atoms with Crippen LogP contribution in [0.3, 0.4) is 0 Å². The van der Waals surface area contributed by atoms with Crippen LogP contribution in [0.1, 0.15) is 12.8 Å². The van der Waals surface area contributed by atoms with Gasteiger partial charge in [0, 0.05) is 26.1 Å². The van der Waals surface area contributed by atoms with Gasteiger partial charge in [0.1, 0.15) is 0 Å². The van der Waals surface area contributed by atoms with E-state index >= 15 is 0 Å². The van der Waals surface area contributed by atoms with Crippen molar-refractivity contribution in [3.8, 4) is 0 Å². The molecule has 2 saturated heterocycles. The van der Waals surface area contributed by atoms with Crippen LogP contribution in [0.4, 0.5) is 0 Å². The molecule has 0 radical (unpaired) electrons. The Morgan fingerprint density at radius 1 is 1.00 bits per heavy atom. The Hall–Kier alpha value is -0.120. The molecule has 1 unspecified atom stereocenters. The molecule has 11 heavy (non-hydrogen) atoms. The van der Waals surface area contributed by atoms with Gasteiger partial charge in [-0.1, -0.05) is 0 Å². The zero-order valence-corrected chi connectivity index (χ0v) is 6.86. The first-order valence-corrected chi connectivity index (χ1v) is 4.47. The molecular formula is C8H16N2O. The van der Waals surface area contributed by atoms with Crippen molar-refractivity contribution < 1.29 is 4.74 Å². The number of nitrogens with one attached hydrogen (secondary N) is 2. The highest BCUT2D eigenvalue weighted by Gasteiger charge is 2.37. The lowest BCUT2D eigenvalue weighted by atomic mass is 9.90. The van der Waals surface area contributed by atoms with E-state index in [9.17, 15) is 0 Å². The van der Waals surface area contributed by atoms with Crippen LogP contribution in [0.5, 0.6) is 0 Å². The van der Waals surface area contributed by atoms with Gasteiger partial charge in [-0.25, -0.2) is 0 Å². The van der Waals surface area contributed by atoms with Gasteiger partial charge in [0.05, 0.1) is 12.2 Å². The SMILES string of the molecule is C1CNCC2(CCN1)CCO2. The van der Waals surface area contributed by atoms with Crippen LogP contribution in [-0.4, -0.2) is 38.4 Å². The molecule has 0 aromatic heterocycles. The Kier molecular flexibility index (Phi) is 2.11. The molecule has 3 nitrogen and oxygen atoms in total. The highest BCUT2D eigenvalue weighted by Crippen LogP contribution is 2.29. The minimum absolute atomic E-state index is 0.202. The van der Waals surface area contributed by atoms with Gasteiger partial charge in [0.25, 0.3) is 0 Å². The van der Waals surface area contributed by atoms with Gasteiger partial charge in [-0.15, -0.1) is 0 Å². The zero-order chi connectivity index (χ0) is 7.57. The topological polar surface area (TPSA) is 33.3 Å². The second-order valence-corrected chi connectivity index (χ2v) is 3.46. The van der Waals surface area contributed by atoms with E-state index in [1.807, 2.05) is 0 Å². The lowest BCUT2D eigenvalue weighted by Gasteiger charge is -2.43. The van der Waals surface area contributed by atoms with Crippen LogP contribution in [0, 0.1) is 0 Å². The van der Waals surface area contributed by atoms with Crippen LogP contribution in [0.15, 0.2) is 0 Å². The van der Waals surface area contributed by atoms with Gasteiger partial charge in [0.15, 0.2) is 0 Å². The molecule has 1 atom stereocenters. The van der Waals surface area contributed by atoms with Gasteiger partial charge in [0.2, 0.25) is 0 Å². The van der Waals surface area contributed by atoms with E-state index in [1.54, 1.807) is 0 Å². The van der Waals surface area contributed by atoms with Crippen molar-refractivity contribution in [3.05, 3.63) is 0 Å².